The predicted molar refractivity (Wildman–Crippen MR) is 33.8 cm³/mol. The lowest BCUT2D eigenvalue weighted by atomic mass is 10.8. The summed E-state index contributed by atoms with van der Waals surface area (Å²) in [5.74, 6) is 2.58. The van der Waals surface area contributed by atoms with Crippen LogP contribution in [0.25, 0.3) is 0 Å². The van der Waals surface area contributed by atoms with Gasteiger partial charge in [-0.1, -0.05) is 0 Å². The highest BCUT2D eigenvalue weighted by molar-refractivity contribution is 7.96. The van der Waals surface area contributed by atoms with Crippen molar-refractivity contribution in [2.75, 3.05) is 31.0 Å². The molecule has 1 saturated heterocycles. The summed E-state index contributed by atoms with van der Waals surface area (Å²) in [6.45, 7) is 2.00. The molecule has 50 valence electrons. The van der Waals surface area contributed by atoms with Crippen LogP contribution >= 0.6 is 0 Å². The zero-order valence-electron chi connectivity index (χ0n) is 5.02. The van der Waals surface area contributed by atoms with Crippen LogP contribution in [0, 0.1) is 0 Å². The summed E-state index contributed by atoms with van der Waals surface area (Å²) in [6.07, 6.45) is 2.31. The number of hydrogen-bond acceptors (Lipinski definition) is 1. The van der Waals surface area contributed by atoms with E-state index in [4.69, 9.17) is 4.74 Å². The fraction of sp³-hybridized carbons (Fsp3) is 1.00. The molecule has 0 atom stereocenters. The molecule has 0 unspecified atom stereocenters. The summed E-state index contributed by atoms with van der Waals surface area (Å²) in [5, 5.41) is 0. The molecule has 0 aromatic heterocycles. The third-order valence-corrected chi connectivity index (χ3v) is 2.88. The van der Waals surface area contributed by atoms with Crippen molar-refractivity contribution in [3.8, 4) is 0 Å². The predicted octanol–water partition coefficient (Wildman–Crippen LogP) is -2.73. The summed E-state index contributed by atoms with van der Waals surface area (Å²) in [5.41, 5.74) is 0. The van der Waals surface area contributed by atoms with Crippen LogP contribution in [0.5, 0.6) is 0 Å². The second-order valence-electron chi connectivity index (χ2n) is 1.80. The van der Waals surface area contributed by atoms with Gasteiger partial charge < -0.3 is 28.7 Å². The maximum atomic E-state index is 5.15. The molecule has 1 aliphatic rings. The number of rotatable bonds is 0. The quantitative estimate of drug-likeness (QED) is 0.333. The second kappa shape index (κ2) is 4.88. The Hall–Kier alpha value is 1.04. The monoisotopic (exact) mass is 246 g/mol. The van der Waals surface area contributed by atoms with Gasteiger partial charge in [0.2, 0.25) is 0 Å². The Bertz CT molecular complexity index is 54.4. The van der Waals surface area contributed by atoms with Crippen LogP contribution in [-0.4, -0.2) is 31.0 Å². The first kappa shape index (κ1) is 9.04. The van der Waals surface area contributed by atoms with Crippen molar-refractivity contribution in [3.63, 3.8) is 0 Å². The summed E-state index contributed by atoms with van der Waals surface area (Å²) < 4.78 is 5.15. The summed E-state index contributed by atoms with van der Waals surface area (Å²) in [4.78, 5) is 0. The molecule has 1 rings (SSSR count). The Morgan fingerprint density at radius 3 is 2.00 bits per heavy atom. The molecule has 1 fully saturated rings. The Morgan fingerprint density at radius 2 is 1.75 bits per heavy atom. The molecule has 0 aromatic rings. The Balaban J connectivity index is 0.000000490. The van der Waals surface area contributed by atoms with Crippen molar-refractivity contribution >= 4 is 10.9 Å². The molecule has 0 radical (unpaired) electrons. The van der Waals surface area contributed by atoms with Crippen LogP contribution in [0.2, 0.25) is 0 Å². The lowest BCUT2D eigenvalue weighted by molar-refractivity contribution is -0.00000234. The standard InChI is InChI=1S/C5H11OS.HI/c1-7-4-2-6-3-5-7;/h2-5H2,1H3;1H/q+1;/p-1. The van der Waals surface area contributed by atoms with Crippen molar-refractivity contribution < 1.29 is 28.7 Å². The lowest BCUT2D eigenvalue weighted by Crippen LogP contribution is -3.00. The van der Waals surface area contributed by atoms with E-state index in [0.717, 1.165) is 13.2 Å². The molecular weight excluding hydrogens is 235 g/mol. The fourth-order valence-electron chi connectivity index (χ4n) is 0.606. The Labute approximate surface area is 70.5 Å². The van der Waals surface area contributed by atoms with Crippen molar-refractivity contribution in [2.24, 2.45) is 0 Å². The number of hydrogen-bond donors (Lipinski definition) is 0. The van der Waals surface area contributed by atoms with Crippen LogP contribution in [0.4, 0.5) is 0 Å². The molecule has 8 heavy (non-hydrogen) atoms. The van der Waals surface area contributed by atoms with Crippen molar-refractivity contribution in [3.05, 3.63) is 0 Å². The second-order valence-corrected chi connectivity index (χ2v) is 4.18. The van der Waals surface area contributed by atoms with Gasteiger partial charge in [0.15, 0.2) is 0 Å². The summed E-state index contributed by atoms with van der Waals surface area (Å²) >= 11 is 0. The summed E-state index contributed by atoms with van der Waals surface area (Å²) in [7, 11) is 0.685. The summed E-state index contributed by atoms with van der Waals surface area (Å²) in [6, 6.07) is 0. The van der Waals surface area contributed by atoms with Crippen LogP contribution in [0.1, 0.15) is 0 Å². The van der Waals surface area contributed by atoms with E-state index < -0.39 is 0 Å². The molecule has 1 nitrogen and oxygen atoms in total. The molecule has 0 saturated carbocycles. The minimum absolute atomic E-state index is 0. The van der Waals surface area contributed by atoms with E-state index in [2.05, 4.69) is 6.26 Å². The van der Waals surface area contributed by atoms with E-state index in [1.165, 1.54) is 11.5 Å². The maximum absolute atomic E-state index is 5.15. The largest absolute Gasteiger partial charge is 1.00 e. The topological polar surface area (TPSA) is 9.23 Å². The first-order chi connectivity index (χ1) is 3.39. The molecule has 0 aromatic carbocycles. The molecule has 0 aliphatic carbocycles. The van der Waals surface area contributed by atoms with Gasteiger partial charge in [-0.05, 0) is 10.9 Å². The van der Waals surface area contributed by atoms with Gasteiger partial charge in [0.05, 0.1) is 19.5 Å². The highest BCUT2D eigenvalue weighted by Crippen LogP contribution is 1.97. The van der Waals surface area contributed by atoms with Crippen molar-refractivity contribution in [1.82, 2.24) is 0 Å². The zero-order chi connectivity index (χ0) is 5.11. The van der Waals surface area contributed by atoms with Gasteiger partial charge in [-0.2, -0.15) is 0 Å². The molecule has 0 spiro atoms. The van der Waals surface area contributed by atoms with Gasteiger partial charge in [-0.25, -0.2) is 0 Å². The number of halogens is 1. The Morgan fingerprint density at radius 1 is 1.25 bits per heavy atom. The molecule has 0 amide bonds. The van der Waals surface area contributed by atoms with Gasteiger partial charge in [0.25, 0.3) is 0 Å². The highest BCUT2D eigenvalue weighted by Gasteiger charge is 2.14. The van der Waals surface area contributed by atoms with Crippen LogP contribution < -0.4 is 24.0 Å². The van der Waals surface area contributed by atoms with Crippen LogP contribution in [0.15, 0.2) is 0 Å². The first-order valence-electron chi connectivity index (χ1n) is 2.56. The highest BCUT2D eigenvalue weighted by atomic mass is 127. The normalized spacial score (nSPS) is 22.1. The molecular formula is C5H11IOS. The van der Waals surface area contributed by atoms with Gasteiger partial charge >= 0.3 is 0 Å². The zero-order valence-corrected chi connectivity index (χ0v) is 8.00. The molecule has 1 aliphatic heterocycles. The Kier molecular flexibility index (Phi) is 5.51. The van der Waals surface area contributed by atoms with E-state index in [9.17, 15) is 0 Å². The maximum Gasteiger partial charge on any atom is 0.131 e. The van der Waals surface area contributed by atoms with Crippen molar-refractivity contribution in [1.29, 1.82) is 0 Å². The van der Waals surface area contributed by atoms with Crippen LogP contribution in [0.3, 0.4) is 0 Å². The SMILES string of the molecule is C[S+]1CCOCC1.[I-]. The smallest absolute Gasteiger partial charge is 0.131 e. The minimum Gasteiger partial charge on any atom is -1.00 e. The van der Waals surface area contributed by atoms with Gasteiger partial charge in [-0.3, -0.25) is 0 Å². The third kappa shape index (κ3) is 3.14. The minimum atomic E-state index is 0. The lowest BCUT2D eigenvalue weighted by Gasteiger charge is -2.09. The van der Waals surface area contributed by atoms with Gasteiger partial charge in [0, 0.05) is 0 Å². The van der Waals surface area contributed by atoms with E-state index in [1.54, 1.807) is 0 Å². The molecule has 3 heteroatoms. The average molecular weight is 246 g/mol. The van der Waals surface area contributed by atoms with Crippen molar-refractivity contribution in [2.45, 2.75) is 0 Å². The number of ether oxygens (including phenoxy) is 1. The average Bonchev–Trinajstić information content (AvgIpc) is 1.69. The van der Waals surface area contributed by atoms with Gasteiger partial charge in [0.1, 0.15) is 11.5 Å². The third-order valence-electron chi connectivity index (χ3n) is 1.15. The van der Waals surface area contributed by atoms with E-state index >= 15 is 0 Å². The van der Waals surface area contributed by atoms with E-state index in [0.29, 0.717) is 10.9 Å². The molecule has 0 bridgehead atoms. The van der Waals surface area contributed by atoms with E-state index in [-0.39, 0.29) is 24.0 Å². The first-order valence-corrected chi connectivity index (χ1v) is 4.53. The fourth-order valence-corrected chi connectivity index (χ4v) is 1.62. The molecule has 1 heterocycles. The van der Waals surface area contributed by atoms with Crippen LogP contribution in [-0.2, 0) is 15.6 Å². The van der Waals surface area contributed by atoms with Gasteiger partial charge in [-0.15, -0.1) is 0 Å². The van der Waals surface area contributed by atoms with E-state index in [1.807, 2.05) is 0 Å². The molecule has 0 N–H and O–H groups in total.